The maximum absolute atomic E-state index is 13.3. The van der Waals surface area contributed by atoms with E-state index < -0.39 is 17.2 Å². The molecule has 1 saturated heterocycles. The van der Waals surface area contributed by atoms with Crippen molar-refractivity contribution < 1.29 is 14.3 Å². The van der Waals surface area contributed by atoms with Gasteiger partial charge >= 0.3 is 5.97 Å². The SMILES string of the molecule is O=C(O)c1cn(-c2ccc(F)cc2)c2nc(N3CCCC3)ncc2c1=O. The van der Waals surface area contributed by atoms with Gasteiger partial charge in [0, 0.05) is 31.2 Å². The number of carboxylic acid groups (broad SMARTS) is 1. The van der Waals surface area contributed by atoms with E-state index in [2.05, 4.69) is 9.97 Å². The molecule has 8 heteroatoms. The van der Waals surface area contributed by atoms with E-state index in [1.165, 1.54) is 41.2 Å². The van der Waals surface area contributed by atoms with Gasteiger partial charge in [0.1, 0.15) is 11.4 Å². The first-order valence-electron chi connectivity index (χ1n) is 8.21. The average molecular weight is 354 g/mol. The van der Waals surface area contributed by atoms with Crippen molar-refractivity contribution in [1.29, 1.82) is 0 Å². The minimum atomic E-state index is -1.34. The molecule has 26 heavy (non-hydrogen) atoms. The Bertz CT molecular complexity index is 1060. The minimum Gasteiger partial charge on any atom is -0.477 e. The molecule has 0 spiro atoms. The largest absolute Gasteiger partial charge is 0.477 e. The lowest BCUT2D eigenvalue weighted by molar-refractivity contribution is 0.0695. The monoisotopic (exact) mass is 354 g/mol. The molecule has 4 rings (SSSR count). The zero-order valence-corrected chi connectivity index (χ0v) is 13.7. The summed E-state index contributed by atoms with van der Waals surface area (Å²) in [6, 6.07) is 5.54. The molecule has 0 radical (unpaired) electrons. The van der Waals surface area contributed by atoms with Crippen molar-refractivity contribution in [3.05, 3.63) is 58.3 Å². The quantitative estimate of drug-likeness (QED) is 0.776. The average Bonchev–Trinajstić information content (AvgIpc) is 3.17. The van der Waals surface area contributed by atoms with Crippen molar-refractivity contribution >= 4 is 23.0 Å². The first-order chi connectivity index (χ1) is 12.5. The smallest absolute Gasteiger partial charge is 0.341 e. The molecule has 7 nitrogen and oxygen atoms in total. The third kappa shape index (κ3) is 2.69. The predicted octanol–water partition coefficient (Wildman–Crippen LogP) is 2.22. The number of anilines is 1. The summed E-state index contributed by atoms with van der Waals surface area (Å²) in [6.07, 6.45) is 4.68. The highest BCUT2D eigenvalue weighted by Gasteiger charge is 2.20. The van der Waals surface area contributed by atoms with Crippen LogP contribution in [0.4, 0.5) is 10.3 Å². The van der Waals surface area contributed by atoms with Gasteiger partial charge in [-0.25, -0.2) is 14.2 Å². The normalized spacial score (nSPS) is 14.1. The van der Waals surface area contributed by atoms with Crippen molar-refractivity contribution in [2.45, 2.75) is 12.8 Å². The summed E-state index contributed by atoms with van der Waals surface area (Å²) in [5.74, 6) is -1.25. The Morgan fingerprint density at radius 3 is 2.50 bits per heavy atom. The molecule has 0 atom stereocenters. The van der Waals surface area contributed by atoms with Gasteiger partial charge in [-0.2, -0.15) is 4.98 Å². The lowest BCUT2D eigenvalue weighted by atomic mass is 10.2. The molecule has 1 fully saturated rings. The third-order valence-corrected chi connectivity index (χ3v) is 4.46. The van der Waals surface area contributed by atoms with E-state index in [-0.39, 0.29) is 10.9 Å². The van der Waals surface area contributed by atoms with Crippen LogP contribution in [0.3, 0.4) is 0 Å². The van der Waals surface area contributed by atoms with Gasteiger partial charge in [0.25, 0.3) is 0 Å². The maximum Gasteiger partial charge on any atom is 0.341 e. The van der Waals surface area contributed by atoms with Crippen LogP contribution in [-0.4, -0.2) is 38.7 Å². The Balaban J connectivity index is 2.00. The lowest BCUT2D eigenvalue weighted by Crippen LogP contribution is -2.23. The molecule has 0 aliphatic carbocycles. The van der Waals surface area contributed by atoms with Crippen LogP contribution in [0.5, 0.6) is 0 Å². The van der Waals surface area contributed by atoms with E-state index >= 15 is 0 Å². The highest BCUT2D eigenvalue weighted by Crippen LogP contribution is 2.21. The van der Waals surface area contributed by atoms with Crippen LogP contribution in [0.25, 0.3) is 16.7 Å². The predicted molar refractivity (Wildman–Crippen MR) is 93.5 cm³/mol. The fourth-order valence-electron chi connectivity index (χ4n) is 3.12. The van der Waals surface area contributed by atoms with Gasteiger partial charge in [-0.15, -0.1) is 0 Å². The van der Waals surface area contributed by atoms with Crippen molar-refractivity contribution in [2.75, 3.05) is 18.0 Å². The number of aromatic nitrogens is 3. The van der Waals surface area contributed by atoms with E-state index in [4.69, 9.17) is 0 Å². The highest BCUT2D eigenvalue weighted by molar-refractivity contribution is 5.92. The van der Waals surface area contributed by atoms with Crippen LogP contribution in [-0.2, 0) is 0 Å². The number of halogens is 1. The van der Waals surface area contributed by atoms with Gasteiger partial charge in [-0.05, 0) is 37.1 Å². The summed E-state index contributed by atoms with van der Waals surface area (Å²) in [6.45, 7) is 1.67. The fraction of sp³-hybridized carbons (Fsp3) is 0.222. The Labute approximate surface area is 147 Å². The number of hydrogen-bond donors (Lipinski definition) is 1. The summed E-state index contributed by atoms with van der Waals surface area (Å²) in [5.41, 5.74) is -0.230. The second kappa shape index (κ2) is 6.21. The van der Waals surface area contributed by atoms with Crippen LogP contribution in [0.2, 0.25) is 0 Å². The van der Waals surface area contributed by atoms with Crippen LogP contribution >= 0.6 is 0 Å². The van der Waals surface area contributed by atoms with Crippen LogP contribution in [0.15, 0.2) is 41.5 Å². The fourth-order valence-corrected chi connectivity index (χ4v) is 3.12. The van der Waals surface area contributed by atoms with Gasteiger partial charge in [0.15, 0.2) is 5.65 Å². The first kappa shape index (κ1) is 16.2. The Hall–Kier alpha value is -3.29. The zero-order chi connectivity index (χ0) is 18.3. The van der Waals surface area contributed by atoms with Gasteiger partial charge in [-0.3, -0.25) is 4.79 Å². The zero-order valence-electron chi connectivity index (χ0n) is 13.7. The molecule has 1 aliphatic rings. The molecule has 3 heterocycles. The van der Waals surface area contributed by atoms with Gasteiger partial charge in [0.05, 0.1) is 5.39 Å². The third-order valence-electron chi connectivity index (χ3n) is 4.46. The second-order valence-corrected chi connectivity index (χ2v) is 6.12. The van der Waals surface area contributed by atoms with Crippen molar-refractivity contribution in [1.82, 2.24) is 14.5 Å². The van der Waals surface area contributed by atoms with E-state index in [9.17, 15) is 19.1 Å². The molecular weight excluding hydrogens is 339 g/mol. The Morgan fingerprint density at radius 1 is 1.15 bits per heavy atom. The molecule has 0 bridgehead atoms. The van der Waals surface area contributed by atoms with Crippen molar-refractivity contribution in [2.24, 2.45) is 0 Å². The molecule has 132 valence electrons. The Morgan fingerprint density at radius 2 is 1.85 bits per heavy atom. The highest BCUT2D eigenvalue weighted by atomic mass is 19.1. The van der Waals surface area contributed by atoms with Crippen molar-refractivity contribution in [3.63, 3.8) is 0 Å². The summed E-state index contributed by atoms with van der Waals surface area (Å²) >= 11 is 0. The molecule has 0 saturated carbocycles. The molecule has 3 aromatic rings. The summed E-state index contributed by atoms with van der Waals surface area (Å²) in [5, 5.41) is 9.45. The summed E-state index contributed by atoms with van der Waals surface area (Å²) in [7, 11) is 0. The van der Waals surface area contributed by atoms with Crippen molar-refractivity contribution in [3.8, 4) is 5.69 Å². The molecule has 1 aromatic carbocycles. The molecule has 1 N–H and O–H groups in total. The van der Waals surface area contributed by atoms with Crippen LogP contribution < -0.4 is 10.3 Å². The van der Waals surface area contributed by atoms with E-state index in [1.807, 2.05) is 4.90 Å². The summed E-state index contributed by atoms with van der Waals surface area (Å²) < 4.78 is 14.8. The number of nitrogens with zero attached hydrogens (tertiary/aromatic N) is 4. The van der Waals surface area contributed by atoms with Gasteiger partial charge < -0.3 is 14.6 Å². The molecule has 1 aliphatic heterocycles. The second-order valence-electron chi connectivity index (χ2n) is 6.12. The van der Waals surface area contributed by atoms with Crippen LogP contribution in [0.1, 0.15) is 23.2 Å². The molecule has 2 aromatic heterocycles. The number of carboxylic acids is 1. The number of hydrogen-bond acceptors (Lipinski definition) is 5. The number of pyridine rings is 1. The van der Waals surface area contributed by atoms with E-state index in [0.717, 1.165) is 25.9 Å². The van der Waals surface area contributed by atoms with Gasteiger partial charge in [0.2, 0.25) is 11.4 Å². The van der Waals surface area contributed by atoms with Crippen LogP contribution in [0, 0.1) is 5.82 Å². The minimum absolute atomic E-state index is 0.108. The lowest BCUT2D eigenvalue weighted by Gasteiger charge is -2.17. The Kier molecular flexibility index (Phi) is 3.87. The molecular formula is C18H15FN4O3. The number of aromatic carboxylic acids is 1. The standard InChI is InChI=1S/C18H15FN4O3/c19-11-3-5-12(6-4-11)23-10-14(17(25)26)15(24)13-9-20-18(21-16(13)23)22-7-1-2-8-22/h3-6,9-10H,1-2,7-8H2,(H,25,26). The topological polar surface area (TPSA) is 88.3 Å². The van der Waals surface area contributed by atoms with Gasteiger partial charge in [-0.1, -0.05) is 0 Å². The number of fused-ring (bicyclic) bond motifs is 1. The van der Waals surface area contributed by atoms with E-state index in [1.54, 1.807) is 0 Å². The van der Waals surface area contributed by atoms with E-state index in [0.29, 0.717) is 17.3 Å². The molecule has 0 amide bonds. The summed E-state index contributed by atoms with van der Waals surface area (Å²) in [4.78, 5) is 34.7. The number of benzene rings is 1. The first-order valence-corrected chi connectivity index (χ1v) is 8.21. The number of carbonyl (C=O) groups is 1. The molecule has 0 unspecified atom stereocenters. The number of rotatable bonds is 3. The maximum atomic E-state index is 13.3.